The van der Waals surface area contributed by atoms with Crippen LogP contribution in [0.5, 0.6) is 0 Å². The minimum Gasteiger partial charge on any atom is -0.458 e. The molecule has 6 aliphatic rings. The summed E-state index contributed by atoms with van der Waals surface area (Å²) < 4.78 is 22.8. The van der Waals surface area contributed by atoms with Gasteiger partial charge < -0.3 is 29.2 Å². The molecule has 0 aromatic rings. The fourth-order valence-electron chi connectivity index (χ4n) is 8.19. The van der Waals surface area contributed by atoms with Crippen molar-refractivity contribution in [3.63, 3.8) is 0 Å². The molecule has 2 heterocycles. The van der Waals surface area contributed by atoms with E-state index in [0.29, 0.717) is 12.5 Å². The van der Waals surface area contributed by atoms with Crippen molar-refractivity contribution in [3.05, 3.63) is 46.1 Å². The number of fused-ring (bicyclic) bond motifs is 4. The van der Waals surface area contributed by atoms with Crippen LogP contribution in [-0.4, -0.2) is 66.7 Å². The number of hydrogen-bond acceptors (Lipinski definition) is 7. The molecule has 0 radical (unpaired) electrons. The Kier molecular flexibility index (Phi) is 6.32. The number of aliphatic hydroxyl groups is 2. The van der Waals surface area contributed by atoms with Crippen molar-refractivity contribution in [2.75, 3.05) is 13.7 Å². The van der Waals surface area contributed by atoms with Crippen molar-refractivity contribution in [1.29, 1.82) is 0 Å². The molecule has 0 aromatic carbocycles. The number of allylic oxidation sites excluding steroid dienone is 5. The average molecular weight is 513 g/mol. The molecule has 202 valence electrons. The van der Waals surface area contributed by atoms with E-state index in [0.717, 1.165) is 50.5 Å². The second-order valence-electron chi connectivity index (χ2n) is 12.3. The molecule has 0 aromatic heterocycles. The Morgan fingerprint density at radius 2 is 1.84 bits per heavy atom. The van der Waals surface area contributed by atoms with Crippen molar-refractivity contribution in [1.82, 2.24) is 0 Å². The highest BCUT2D eigenvalue weighted by Gasteiger charge is 2.52. The predicted molar refractivity (Wildman–Crippen MR) is 136 cm³/mol. The molecular formula is C30H40O7. The molecule has 1 saturated heterocycles. The number of methoxy groups -OCH3 is 1. The van der Waals surface area contributed by atoms with Gasteiger partial charge in [0.1, 0.15) is 24.9 Å². The molecule has 2 fully saturated rings. The standard InChI is InChI=1S/C30H40O7/c1-16-25(32)27(34-4)26(33)28(36-16)37-19-9-11-29(2)18(14-19)5-6-20-22-8-7-21(17-13-24(31)35-15-17)30(22,3)12-10-23(20)29/h7-8,13,16,18-19,25-28,32-33H,5-6,9-12,14-15H2,1-4H3/t16-,18-,19+,25+,26-,27+,28+,29+,30-/m1/s1. The molecule has 1 saturated carbocycles. The third kappa shape index (κ3) is 3.92. The molecule has 9 atom stereocenters. The number of carbonyl (C=O) groups excluding carboxylic acids is 1. The van der Waals surface area contributed by atoms with E-state index in [1.54, 1.807) is 24.1 Å². The molecule has 7 nitrogen and oxygen atoms in total. The van der Waals surface area contributed by atoms with Crippen LogP contribution < -0.4 is 0 Å². The van der Waals surface area contributed by atoms with Crippen LogP contribution in [-0.2, 0) is 23.7 Å². The van der Waals surface area contributed by atoms with Crippen LogP contribution in [0.25, 0.3) is 0 Å². The highest BCUT2D eigenvalue weighted by Crippen LogP contribution is 2.63. The SMILES string of the molecule is CO[C@H]1[C@@H](O)[C@@H](C)O[C@@H](O[C@H]2CC[C@]3(C)C4=C(CC[C@@H]3C2)C2=CC=C(C3=CC(=O)OC3)[C@@]2(C)CC4)[C@@H]1O. The van der Waals surface area contributed by atoms with Gasteiger partial charge in [-0.2, -0.15) is 0 Å². The summed E-state index contributed by atoms with van der Waals surface area (Å²) in [5, 5.41) is 21.0. The molecule has 0 spiro atoms. The number of cyclic esters (lactones) is 1. The Morgan fingerprint density at radius 1 is 1.05 bits per heavy atom. The van der Waals surface area contributed by atoms with E-state index in [2.05, 4.69) is 26.0 Å². The summed E-state index contributed by atoms with van der Waals surface area (Å²) in [6, 6.07) is 0. The van der Waals surface area contributed by atoms with Crippen LogP contribution in [0.1, 0.15) is 65.7 Å². The minimum atomic E-state index is -1.02. The van der Waals surface area contributed by atoms with Gasteiger partial charge in [-0.3, -0.25) is 0 Å². The Hall–Kier alpha value is -1.77. The molecular weight excluding hydrogens is 472 g/mol. The molecule has 2 N–H and O–H groups in total. The lowest BCUT2D eigenvalue weighted by atomic mass is 9.52. The first-order valence-corrected chi connectivity index (χ1v) is 13.9. The van der Waals surface area contributed by atoms with Crippen molar-refractivity contribution in [2.45, 2.75) is 103 Å². The van der Waals surface area contributed by atoms with E-state index in [4.69, 9.17) is 18.9 Å². The van der Waals surface area contributed by atoms with E-state index < -0.39 is 30.7 Å². The van der Waals surface area contributed by atoms with E-state index in [1.807, 2.05) is 0 Å². The van der Waals surface area contributed by atoms with Crippen LogP contribution in [0.2, 0.25) is 0 Å². The van der Waals surface area contributed by atoms with Crippen LogP contribution in [0.3, 0.4) is 0 Å². The Labute approximate surface area is 219 Å². The second kappa shape index (κ2) is 9.16. The normalized spacial score (nSPS) is 45.4. The third-order valence-corrected chi connectivity index (χ3v) is 10.4. The zero-order valence-electron chi connectivity index (χ0n) is 22.4. The number of rotatable bonds is 4. The summed E-state index contributed by atoms with van der Waals surface area (Å²) in [6.45, 7) is 6.96. The monoisotopic (exact) mass is 512 g/mol. The highest BCUT2D eigenvalue weighted by atomic mass is 16.7. The van der Waals surface area contributed by atoms with Crippen LogP contribution in [0.15, 0.2) is 46.1 Å². The highest BCUT2D eigenvalue weighted by molar-refractivity contribution is 5.87. The number of hydrogen-bond donors (Lipinski definition) is 2. The average Bonchev–Trinajstić information content (AvgIpc) is 3.45. The van der Waals surface area contributed by atoms with Crippen LogP contribution in [0.4, 0.5) is 0 Å². The number of carbonyl (C=O) groups is 1. The Balaban J connectivity index is 1.18. The van der Waals surface area contributed by atoms with Gasteiger partial charge in [-0.25, -0.2) is 4.79 Å². The van der Waals surface area contributed by atoms with Gasteiger partial charge >= 0.3 is 5.97 Å². The molecule has 4 aliphatic carbocycles. The van der Waals surface area contributed by atoms with Gasteiger partial charge in [-0.15, -0.1) is 0 Å². The quantitative estimate of drug-likeness (QED) is 0.552. The van der Waals surface area contributed by atoms with Gasteiger partial charge in [-0.05, 0) is 79.9 Å². The summed E-state index contributed by atoms with van der Waals surface area (Å²) in [5.41, 5.74) is 7.00. The van der Waals surface area contributed by atoms with Gasteiger partial charge in [0, 0.05) is 24.2 Å². The first-order chi connectivity index (χ1) is 17.7. The molecule has 2 aliphatic heterocycles. The second-order valence-corrected chi connectivity index (χ2v) is 12.3. The fraction of sp³-hybridized carbons (Fsp3) is 0.700. The molecule has 6 rings (SSSR count). The van der Waals surface area contributed by atoms with E-state index in [-0.39, 0.29) is 22.9 Å². The van der Waals surface area contributed by atoms with Gasteiger partial charge in [-0.1, -0.05) is 31.6 Å². The van der Waals surface area contributed by atoms with E-state index in [9.17, 15) is 15.0 Å². The van der Waals surface area contributed by atoms with Gasteiger partial charge in [0.25, 0.3) is 0 Å². The van der Waals surface area contributed by atoms with Gasteiger partial charge in [0.05, 0.1) is 12.2 Å². The molecule has 7 heteroatoms. The summed E-state index contributed by atoms with van der Waals surface area (Å²) in [5.74, 6) is 0.291. The van der Waals surface area contributed by atoms with Crippen molar-refractivity contribution in [2.24, 2.45) is 16.7 Å². The third-order valence-electron chi connectivity index (χ3n) is 10.4. The lowest BCUT2D eigenvalue weighted by molar-refractivity contribution is -0.311. The van der Waals surface area contributed by atoms with Crippen molar-refractivity contribution < 1.29 is 34.0 Å². The Morgan fingerprint density at radius 3 is 2.57 bits per heavy atom. The van der Waals surface area contributed by atoms with E-state index >= 15 is 0 Å². The lowest BCUT2D eigenvalue weighted by Gasteiger charge is -2.54. The molecule has 0 amide bonds. The number of ether oxygens (including phenoxy) is 4. The summed E-state index contributed by atoms with van der Waals surface area (Å²) in [4.78, 5) is 11.7. The summed E-state index contributed by atoms with van der Waals surface area (Å²) in [6.07, 6.45) is 9.55. The maximum atomic E-state index is 11.7. The van der Waals surface area contributed by atoms with Gasteiger partial charge in [0.15, 0.2) is 6.29 Å². The lowest BCUT2D eigenvalue weighted by Crippen LogP contribution is -2.59. The summed E-state index contributed by atoms with van der Waals surface area (Å²) in [7, 11) is 1.50. The first-order valence-electron chi connectivity index (χ1n) is 13.9. The zero-order chi connectivity index (χ0) is 26.1. The fourth-order valence-corrected chi connectivity index (χ4v) is 8.19. The maximum Gasteiger partial charge on any atom is 0.331 e. The number of aliphatic hydroxyl groups excluding tert-OH is 2. The predicted octanol–water partition coefficient (Wildman–Crippen LogP) is 3.90. The smallest absolute Gasteiger partial charge is 0.331 e. The van der Waals surface area contributed by atoms with Crippen molar-refractivity contribution in [3.8, 4) is 0 Å². The van der Waals surface area contributed by atoms with Crippen LogP contribution >= 0.6 is 0 Å². The number of esters is 1. The summed E-state index contributed by atoms with van der Waals surface area (Å²) >= 11 is 0. The van der Waals surface area contributed by atoms with Crippen molar-refractivity contribution >= 4 is 5.97 Å². The molecule has 37 heavy (non-hydrogen) atoms. The topological polar surface area (TPSA) is 94.5 Å². The molecule has 0 unspecified atom stereocenters. The Bertz CT molecular complexity index is 1100. The molecule has 0 bridgehead atoms. The maximum absolute atomic E-state index is 11.7. The van der Waals surface area contributed by atoms with E-state index in [1.165, 1.54) is 18.3 Å². The minimum absolute atomic E-state index is 0.0134. The first kappa shape index (κ1) is 25.5. The zero-order valence-corrected chi connectivity index (χ0v) is 22.4. The van der Waals surface area contributed by atoms with Crippen LogP contribution in [0, 0.1) is 16.7 Å². The largest absolute Gasteiger partial charge is 0.458 e. The van der Waals surface area contributed by atoms with Gasteiger partial charge in [0.2, 0.25) is 0 Å².